The molecule has 0 atom stereocenters. The van der Waals surface area contributed by atoms with Crippen LogP contribution in [0.5, 0.6) is 0 Å². The summed E-state index contributed by atoms with van der Waals surface area (Å²) in [4.78, 5) is 25.9. The van der Waals surface area contributed by atoms with Crippen LogP contribution in [0.4, 0.5) is 5.69 Å². The van der Waals surface area contributed by atoms with Crippen molar-refractivity contribution in [2.24, 2.45) is 0 Å². The average molecular weight is 289 g/mol. The highest BCUT2D eigenvalue weighted by Crippen LogP contribution is 2.24. The van der Waals surface area contributed by atoms with Gasteiger partial charge in [-0.3, -0.25) is 9.59 Å². The number of carbonyl (C=O) groups excluding carboxylic acids is 1. The highest BCUT2D eigenvalue weighted by atomic mass is 35.5. The Kier molecular flexibility index (Phi) is 3.77. The standard InChI is InChI=1S/C15H12N2O2.ClH/c1-9(18)16-10-6-7-14-13(8-10)11-4-2-3-5-12(11)15(19)17-14;/h2-8H,1H3,(H,16,18)(H,17,19);1H. The van der Waals surface area contributed by atoms with Crippen molar-refractivity contribution in [2.45, 2.75) is 6.92 Å². The van der Waals surface area contributed by atoms with Gasteiger partial charge in [-0.15, -0.1) is 12.4 Å². The Morgan fingerprint density at radius 3 is 2.45 bits per heavy atom. The second-order valence-electron chi connectivity index (χ2n) is 4.44. The van der Waals surface area contributed by atoms with E-state index in [1.165, 1.54) is 6.92 Å². The van der Waals surface area contributed by atoms with Crippen molar-refractivity contribution in [2.75, 3.05) is 5.32 Å². The van der Waals surface area contributed by atoms with E-state index in [0.29, 0.717) is 5.39 Å². The van der Waals surface area contributed by atoms with Gasteiger partial charge in [0, 0.05) is 28.9 Å². The molecule has 0 fully saturated rings. The molecule has 0 aliphatic rings. The average Bonchev–Trinajstić information content (AvgIpc) is 2.39. The molecule has 102 valence electrons. The zero-order chi connectivity index (χ0) is 13.4. The molecule has 1 aromatic heterocycles. The predicted molar refractivity (Wildman–Crippen MR) is 83.6 cm³/mol. The fraction of sp³-hybridized carbons (Fsp3) is 0.0667. The van der Waals surface area contributed by atoms with Gasteiger partial charge in [0.05, 0.1) is 0 Å². The molecule has 0 saturated carbocycles. The lowest BCUT2D eigenvalue weighted by molar-refractivity contribution is -0.114. The van der Waals surface area contributed by atoms with Gasteiger partial charge >= 0.3 is 0 Å². The van der Waals surface area contributed by atoms with Gasteiger partial charge in [0.15, 0.2) is 0 Å². The van der Waals surface area contributed by atoms with Gasteiger partial charge in [-0.05, 0) is 29.7 Å². The van der Waals surface area contributed by atoms with Crippen LogP contribution in [0, 0.1) is 0 Å². The Morgan fingerprint density at radius 1 is 1.05 bits per heavy atom. The number of rotatable bonds is 1. The van der Waals surface area contributed by atoms with E-state index in [4.69, 9.17) is 0 Å². The summed E-state index contributed by atoms with van der Waals surface area (Å²) in [6.07, 6.45) is 0. The Balaban J connectivity index is 0.00000147. The van der Waals surface area contributed by atoms with E-state index in [9.17, 15) is 9.59 Å². The molecule has 2 N–H and O–H groups in total. The number of fused-ring (bicyclic) bond motifs is 3. The molecule has 2 aromatic carbocycles. The smallest absolute Gasteiger partial charge is 0.256 e. The molecule has 0 aliphatic heterocycles. The van der Waals surface area contributed by atoms with Gasteiger partial charge in [0.1, 0.15) is 0 Å². The maximum atomic E-state index is 11.9. The second-order valence-corrected chi connectivity index (χ2v) is 4.44. The monoisotopic (exact) mass is 288 g/mol. The van der Waals surface area contributed by atoms with Gasteiger partial charge in [-0.1, -0.05) is 18.2 Å². The summed E-state index contributed by atoms with van der Waals surface area (Å²) < 4.78 is 0. The Morgan fingerprint density at radius 2 is 1.75 bits per heavy atom. The molecule has 0 saturated heterocycles. The van der Waals surface area contributed by atoms with E-state index in [2.05, 4.69) is 10.3 Å². The van der Waals surface area contributed by atoms with E-state index in [1.807, 2.05) is 24.3 Å². The maximum Gasteiger partial charge on any atom is 0.256 e. The van der Waals surface area contributed by atoms with E-state index in [1.54, 1.807) is 18.2 Å². The zero-order valence-electron chi connectivity index (χ0n) is 10.8. The van der Waals surface area contributed by atoms with Crippen LogP contribution in [-0.2, 0) is 4.79 Å². The SMILES string of the molecule is CC(=O)Nc1ccc2[nH]c(=O)c3ccccc3c2c1.Cl. The van der Waals surface area contributed by atoms with Gasteiger partial charge < -0.3 is 10.3 Å². The molecule has 5 heteroatoms. The highest BCUT2D eigenvalue weighted by Gasteiger charge is 2.05. The minimum atomic E-state index is -0.118. The normalized spacial score (nSPS) is 10.2. The van der Waals surface area contributed by atoms with E-state index >= 15 is 0 Å². The molecule has 0 aliphatic carbocycles. The predicted octanol–water partition coefficient (Wildman–Crippen LogP) is 3.06. The number of pyridine rings is 1. The highest BCUT2D eigenvalue weighted by molar-refractivity contribution is 6.07. The number of hydrogen-bond acceptors (Lipinski definition) is 2. The minimum absolute atomic E-state index is 0. The number of nitrogens with one attached hydrogen (secondary N) is 2. The van der Waals surface area contributed by atoms with Crippen molar-refractivity contribution in [3.8, 4) is 0 Å². The topological polar surface area (TPSA) is 62.0 Å². The molecule has 4 nitrogen and oxygen atoms in total. The van der Waals surface area contributed by atoms with E-state index < -0.39 is 0 Å². The number of H-pyrrole nitrogens is 1. The van der Waals surface area contributed by atoms with Crippen molar-refractivity contribution < 1.29 is 4.79 Å². The number of hydrogen-bond donors (Lipinski definition) is 2. The van der Waals surface area contributed by atoms with Crippen LogP contribution < -0.4 is 10.9 Å². The number of benzene rings is 2. The summed E-state index contributed by atoms with van der Waals surface area (Å²) in [5.41, 5.74) is 1.38. The maximum absolute atomic E-state index is 11.9. The molecule has 0 unspecified atom stereocenters. The molecule has 1 amide bonds. The molecule has 3 rings (SSSR count). The second kappa shape index (κ2) is 5.35. The third-order valence-corrected chi connectivity index (χ3v) is 3.05. The Bertz CT molecular complexity index is 855. The van der Waals surface area contributed by atoms with Crippen molar-refractivity contribution in [3.63, 3.8) is 0 Å². The number of carbonyl (C=O) groups is 1. The van der Waals surface area contributed by atoms with E-state index in [-0.39, 0.29) is 23.9 Å². The molecule has 0 bridgehead atoms. The molecule has 0 spiro atoms. The first-order chi connectivity index (χ1) is 9.15. The first-order valence-electron chi connectivity index (χ1n) is 5.97. The molecule has 1 heterocycles. The summed E-state index contributed by atoms with van der Waals surface area (Å²) in [6, 6.07) is 12.9. The summed E-state index contributed by atoms with van der Waals surface area (Å²) in [6.45, 7) is 1.47. The van der Waals surface area contributed by atoms with Crippen molar-refractivity contribution in [1.82, 2.24) is 4.98 Å². The van der Waals surface area contributed by atoms with Gasteiger partial charge in [-0.25, -0.2) is 0 Å². The lowest BCUT2D eigenvalue weighted by Gasteiger charge is -2.06. The zero-order valence-corrected chi connectivity index (χ0v) is 11.6. The lowest BCUT2D eigenvalue weighted by atomic mass is 10.1. The Hall–Kier alpha value is -2.33. The summed E-state index contributed by atoms with van der Waals surface area (Å²) in [7, 11) is 0. The van der Waals surface area contributed by atoms with E-state index in [0.717, 1.165) is 22.0 Å². The Labute approximate surface area is 121 Å². The quantitative estimate of drug-likeness (QED) is 0.676. The van der Waals surface area contributed by atoms with Gasteiger partial charge in [-0.2, -0.15) is 0 Å². The van der Waals surface area contributed by atoms with Gasteiger partial charge in [0.25, 0.3) is 5.56 Å². The first-order valence-corrected chi connectivity index (χ1v) is 5.97. The van der Waals surface area contributed by atoms with Crippen LogP contribution >= 0.6 is 12.4 Å². The fourth-order valence-electron chi connectivity index (χ4n) is 2.26. The van der Waals surface area contributed by atoms with Crippen molar-refractivity contribution in [1.29, 1.82) is 0 Å². The molecule has 3 aromatic rings. The molecular formula is C15H13ClN2O2. The minimum Gasteiger partial charge on any atom is -0.326 e. The number of aromatic nitrogens is 1. The molecule has 20 heavy (non-hydrogen) atoms. The third kappa shape index (κ3) is 2.38. The number of amides is 1. The van der Waals surface area contributed by atoms with Crippen LogP contribution in [-0.4, -0.2) is 10.9 Å². The number of anilines is 1. The van der Waals surface area contributed by atoms with Gasteiger partial charge in [0.2, 0.25) is 5.91 Å². The van der Waals surface area contributed by atoms with Crippen LogP contribution in [0.15, 0.2) is 47.3 Å². The van der Waals surface area contributed by atoms with Crippen molar-refractivity contribution >= 4 is 45.7 Å². The van der Waals surface area contributed by atoms with Crippen molar-refractivity contribution in [3.05, 3.63) is 52.8 Å². The van der Waals surface area contributed by atoms with Crippen LogP contribution in [0.3, 0.4) is 0 Å². The molecule has 0 radical (unpaired) electrons. The summed E-state index contributed by atoms with van der Waals surface area (Å²) >= 11 is 0. The fourth-order valence-corrected chi connectivity index (χ4v) is 2.26. The van der Waals surface area contributed by atoms with Crippen LogP contribution in [0.25, 0.3) is 21.7 Å². The first kappa shape index (κ1) is 14.1. The summed E-state index contributed by atoms with van der Waals surface area (Å²) in [5.74, 6) is -0.118. The largest absolute Gasteiger partial charge is 0.326 e. The molecular weight excluding hydrogens is 276 g/mol. The van der Waals surface area contributed by atoms with Crippen LogP contribution in [0.2, 0.25) is 0 Å². The number of halogens is 1. The summed E-state index contributed by atoms with van der Waals surface area (Å²) in [5, 5.41) is 5.19. The number of aromatic amines is 1. The third-order valence-electron chi connectivity index (χ3n) is 3.05. The van der Waals surface area contributed by atoms with Crippen LogP contribution in [0.1, 0.15) is 6.92 Å². The lowest BCUT2D eigenvalue weighted by Crippen LogP contribution is -2.08.